The van der Waals surface area contributed by atoms with Gasteiger partial charge in [-0.25, -0.2) is 0 Å². The Bertz CT molecular complexity index is 994. The van der Waals surface area contributed by atoms with Gasteiger partial charge in [0, 0.05) is 39.3 Å². The molecular weight excluding hydrogens is 438 g/mol. The van der Waals surface area contributed by atoms with E-state index in [1.165, 1.54) is 12.8 Å². The smallest absolute Gasteiger partial charge is 0.230 e. The molecule has 2 saturated heterocycles. The van der Waals surface area contributed by atoms with Crippen LogP contribution in [-0.4, -0.2) is 68.1 Å². The molecule has 6 nitrogen and oxygen atoms in total. The summed E-state index contributed by atoms with van der Waals surface area (Å²) in [5.41, 5.74) is 1.93. The maximum atomic E-state index is 13.7. The third kappa shape index (κ3) is 6.85. The van der Waals surface area contributed by atoms with Crippen molar-refractivity contribution >= 4 is 11.6 Å². The van der Waals surface area contributed by atoms with Crippen LogP contribution in [0.15, 0.2) is 59.4 Å². The molecule has 2 aromatic rings. The minimum absolute atomic E-state index is 0.0714. The monoisotopic (exact) mass is 477 g/mol. The van der Waals surface area contributed by atoms with Crippen LogP contribution in [0.3, 0.4) is 0 Å². The first-order chi connectivity index (χ1) is 17.2. The lowest BCUT2D eigenvalue weighted by Crippen LogP contribution is -2.48. The number of likely N-dealkylation sites (tertiary alicyclic amines) is 1. The Kier molecular flexibility index (Phi) is 9.18. The number of carbonyl (C=O) groups excluding carboxylic acids is 1. The molecule has 1 amide bonds. The highest BCUT2D eigenvalue weighted by molar-refractivity contribution is 5.83. The number of carbonyl (C=O) groups is 1. The van der Waals surface area contributed by atoms with E-state index in [0.717, 1.165) is 82.1 Å². The maximum absolute atomic E-state index is 13.7. The molecule has 0 radical (unpaired) electrons. The molecule has 1 atom stereocenters. The fourth-order valence-electron chi connectivity index (χ4n) is 5.21. The fourth-order valence-corrected chi connectivity index (χ4v) is 5.21. The highest BCUT2D eigenvalue weighted by Gasteiger charge is 2.28. The Morgan fingerprint density at radius 2 is 1.54 bits per heavy atom. The van der Waals surface area contributed by atoms with Gasteiger partial charge in [0.2, 0.25) is 11.3 Å². The molecule has 1 unspecified atom stereocenters. The lowest BCUT2D eigenvalue weighted by Gasteiger charge is -2.36. The van der Waals surface area contributed by atoms with Crippen LogP contribution in [0.1, 0.15) is 50.5 Å². The van der Waals surface area contributed by atoms with Crippen LogP contribution < -0.4 is 15.1 Å². The molecule has 2 fully saturated rings. The topological polar surface area (TPSA) is 53.1 Å². The van der Waals surface area contributed by atoms with Crippen LogP contribution in [0.5, 0.6) is 5.75 Å². The third-order valence-electron chi connectivity index (χ3n) is 7.23. The molecule has 188 valence electrons. The number of amides is 1. The number of benzene rings is 1. The second kappa shape index (κ2) is 12.7. The van der Waals surface area contributed by atoms with Crippen LogP contribution in [-0.2, 0) is 4.79 Å². The van der Waals surface area contributed by atoms with Crippen molar-refractivity contribution in [1.29, 1.82) is 0 Å². The van der Waals surface area contributed by atoms with Gasteiger partial charge < -0.3 is 14.5 Å². The molecule has 4 rings (SSSR count). The fraction of sp³-hybridized carbons (Fsp3) is 0.517. The zero-order valence-corrected chi connectivity index (χ0v) is 21.0. The van der Waals surface area contributed by atoms with Crippen molar-refractivity contribution in [3.8, 4) is 5.75 Å². The Hall–Kier alpha value is -2.86. The van der Waals surface area contributed by atoms with Gasteiger partial charge in [-0.3, -0.25) is 14.5 Å². The summed E-state index contributed by atoms with van der Waals surface area (Å²) in [6, 6.07) is 17.3. The third-order valence-corrected chi connectivity index (χ3v) is 7.23. The van der Waals surface area contributed by atoms with E-state index < -0.39 is 0 Å². The van der Waals surface area contributed by atoms with E-state index in [4.69, 9.17) is 4.74 Å². The second-order valence-electron chi connectivity index (χ2n) is 9.57. The molecule has 0 N–H and O–H groups in total. The summed E-state index contributed by atoms with van der Waals surface area (Å²) in [6.45, 7) is 8.68. The van der Waals surface area contributed by atoms with E-state index in [-0.39, 0.29) is 17.3 Å². The Morgan fingerprint density at radius 3 is 2.23 bits per heavy atom. The summed E-state index contributed by atoms with van der Waals surface area (Å²) in [7, 11) is 0. The van der Waals surface area contributed by atoms with E-state index in [1.807, 2.05) is 37.3 Å². The van der Waals surface area contributed by atoms with E-state index in [9.17, 15) is 9.59 Å². The number of hydrogen-bond donors (Lipinski definition) is 0. The molecule has 35 heavy (non-hydrogen) atoms. The van der Waals surface area contributed by atoms with Gasteiger partial charge in [0.1, 0.15) is 5.75 Å². The Balaban J connectivity index is 1.41. The zero-order valence-electron chi connectivity index (χ0n) is 21.0. The molecule has 0 spiro atoms. The van der Waals surface area contributed by atoms with Crippen molar-refractivity contribution in [2.45, 2.75) is 44.9 Å². The average Bonchev–Trinajstić information content (AvgIpc) is 3.28. The predicted molar refractivity (Wildman–Crippen MR) is 141 cm³/mol. The van der Waals surface area contributed by atoms with Crippen LogP contribution in [0.25, 0.3) is 0 Å². The van der Waals surface area contributed by atoms with Crippen molar-refractivity contribution < 1.29 is 9.53 Å². The molecule has 2 aliphatic heterocycles. The summed E-state index contributed by atoms with van der Waals surface area (Å²) in [6.07, 6.45) is 5.43. The van der Waals surface area contributed by atoms with Gasteiger partial charge in [0.05, 0.1) is 18.2 Å². The van der Waals surface area contributed by atoms with Gasteiger partial charge in [-0.2, -0.15) is 0 Å². The first-order valence-electron chi connectivity index (χ1n) is 13.2. The van der Waals surface area contributed by atoms with Crippen molar-refractivity contribution in [3.05, 3.63) is 70.4 Å². The first kappa shape index (κ1) is 25.2. The lowest BCUT2D eigenvalue weighted by atomic mass is 9.93. The number of piperazine rings is 1. The van der Waals surface area contributed by atoms with Crippen molar-refractivity contribution in [2.24, 2.45) is 0 Å². The van der Waals surface area contributed by atoms with Crippen molar-refractivity contribution in [3.63, 3.8) is 0 Å². The van der Waals surface area contributed by atoms with Crippen LogP contribution >= 0.6 is 0 Å². The number of anilines is 1. The summed E-state index contributed by atoms with van der Waals surface area (Å²) in [5, 5.41) is 0. The second-order valence-corrected chi connectivity index (χ2v) is 9.57. The minimum Gasteiger partial charge on any atom is -0.494 e. The highest BCUT2D eigenvalue weighted by atomic mass is 16.5. The largest absolute Gasteiger partial charge is 0.494 e. The van der Waals surface area contributed by atoms with E-state index in [1.54, 1.807) is 12.1 Å². The van der Waals surface area contributed by atoms with E-state index >= 15 is 0 Å². The molecule has 0 bridgehead atoms. The maximum Gasteiger partial charge on any atom is 0.230 e. The van der Waals surface area contributed by atoms with Gasteiger partial charge >= 0.3 is 0 Å². The summed E-state index contributed by atoms with van der Waals surface area (Å²) < 4.78 is 5.62. The van der Waals surface area contributed by atoms with Crippen LogP contribution in [0.4, 0.5) is 5.69 Å². The quantitative estimate of drug-likeness (QED) is 0.572. The molecule has 0 saturated carbocycles. The van der Waals surface area contributed by atoms with Gasteiger partial charge in [0.25, 0.3) is 0 Å². The molecule has 2 heterocycles. The molecule has 2 aromatic carbocycles. The summed E-state index contributed by atoms with van der Waals surface area (Å²) >= 11 is 0. The van der Waals surface area contributed by atoms with Gasteiger partial charge in [-0.05, 0) is 62.6 Å². The van der Waals surface area contributed by atoms with Crippen molar-refractivity contribution in [2.75, 3.05) is 57.3 Å². The van der Waals surface area contributed by atoms with Gasteiger partial charge in [-0.15, -0.1) is 0 Å². The van der Waals surface area contributed by atoms with Crippen molar-refractivity contribution in [1.82, 2.24) is 9.80 Å². The predicted octanol–water partition coefficient (Wildman–Crippen LogP) is 4.14. The summed E-state index contributed by atoms with van der Waals surface area (Å²) in [4.78, 5) is 32.8. The summed E-state index contributed by atoms with van der Waals surface area (Å²) in [5.74, 6) is 0.978. The van der Waals surface area contributed by atoms with Crippen LogP contribution in [0, 0.1) is 0 Å². The standard InChI is InChI=1S/C29H39N3O3/c1-2-35-25-14-12-24(13-15-25)26(29(34)32-17-8-3-4-9-18-32)16-19-30-20-22-31(23-21-30)27-10-6-5-7-11-28(27)33/h5-7,10-15,26H,2-4,8-9,16-23H2,1H3. The number of hydrogen-bond acceptors (Lipinski definition) is 5. The van der Waals surface area contributed by atoms with Crippen LogP contribution in [0.2, 0.25) is 0 Å². The minimum atomic E-state index is -0.136. The van der Waals surface area contributed by atoms with Gasteiger partial charge in [-0.1, -0.05) is 43.2 Å². The van der Waals surface area contributed by atoms with Gasteiger partial charge in [0.15, 0.2) is 0 Å². The number of rotatable bonds is 8. The normalized spacial score (nSPS) is 18.1. The molecule has 2 aliphatic rings. The molecule has 6 heteroatoms. The lowest BCUT2D eigenvalue weighted by molar-refractivity contribution is -0.133. The average molecular weight is 478 g/mol. The molecule has 0 aromatic heterocycles. The SMILES string of the molecule is CCOc1ccc(C(CCN2CCN(c3cccccc3=O)CC2)C(=O)N2CCCCCC2)cc1. The highest BCUT2D eigenvalue weighted by Crippen LogP contribution is 2.27. The number of nitrogens with zero attached hydrogens (tertiary/aromatic N) is 3. The van der Waals surface area contributed by atoms with E-state index in [2.05, 4.69) is 26.8 Å². The Labute approximate surface area is 209 Å². The number of ether oxygens (including phenoxy) is 1. The zero-order chi connectivity index (χ0) is 24.5. The molecule has 0 aliphatic carbocycles. The Morgan fingerprint density at radius 1 is 0.857 bits per heavy atom. The van der Waals surface area contributed by atoms with E-state index in [0.29, 0.717) is 6.61 Å². The molecular formula is C29H39N3O3. The first-order valence-corrected chi connectivity index (χ1v) is 13.2.